The first-order chi connectivity index (χ1) is 11.0. The quantitative estimate of drug-likeness (QED) is 0.629. The Hall–Kier alpha value is -2.00. The number of hydrogen-bond donors (Lipinski definition) is 3. The first-order valence-electron chi connectivity index (χ1n) is 7.47. The van der Waals surface area contributed by atoms with E-state index in [9.17, 15) is 14.4 Å². The number of likely N-dealkylation sites (N-methyl/N-ethyl adjacent to an activating group) is 1. The highest BCUT2D eigenvalue weighted by molar-refractivity contribution is 7.09. The number of rotatable bonds is 7. The monoisotopic (exact) mass is 340 g/mol. The van der Waals surface area contributed by atoms with Crippen LogP contribution in [0.2, 0.25) is 0 Å². The Morgan fingerprint density at radius 2 is 2.35 bits per heavy atom. The lowest BCUT2D eigenvalue weighted by Crippen LogP contribution is -2.56. The van der Waals surface area contributed by atoms with Gasteiger partial charge in [-0.1, -0.05) is 6.92 Å². The van der Waals surface area contributed by atoms with Gasteiger partial charge in [-0.25, -0.2) is 9.78 Å². The van der Waals surface area contributed by atoms with Gasteiger partial charge in [-0.2, -0.15) is 0 Å². The second-order valence-electron chi connectivity index (χ2n) is 5.17. The van der Waals surface area contributed by atoms with E-state index < -0.39 is 12.0 Å². The van der Waals surface area contributed by atoms with Gasteiger partial charge in [0, 0.05) is 31.4 Å². The number of carboxylic acids is 1. The lowest BCUT2D eigenvalue weighted by atomic mass is 10.1. The smallest absolute Gasteiger partial charge is 0.355 e. The molecule has 0 spiro atoms. The molecule has 0 radical (unpaired) electrons. The third kappa shape index (κ3) is 4.73. The van der Waals surface area contributed by atoms with Gasteiger partial charge in [0.05, 0.1) is 17.5 Å². The minimum atomic E-state index is -1.06. The molecule has 23 heavy (non-hydrogen) atoms. The number of carbonyl (C=O) groups excluding carboxylic acids is 2. The van der Waals surface area contributed by atoms with E-state index in [-0.39, 0.29) is 23.9 Å². The van der Waals surface area contributed by atoms with Gasteiger partial charge in [0.25, 0.3) is 0 Å². The third-order valence-electron chi connectivity index (χ3n) is 3.66. The van der Waals surface area contributed by atoms with Gasteiger partial charge in [0.1, 0.15) is 0 Å². The van der Waals surface area contributed by atoms with E-state index in [2.05, 4.69) is 15.6 Å². The topological polar surface area (TPSA) is 112 Å². The molecule has 1 aromatic heterocycles. The summed E-state index contributed by atoms with van der Waals surface area (Å²) in [4.78, 5) is 40.5. The van der Waals surface area contributed by atoms with Crippen molar-refractivity contribution in [3.05, 3.63) is 16.1 Å². The summed E-state index contributed by atoms with van der Waals surface area (Å²) in [6.07, 6.45) is 0.593. The van der Waals surface area contributed by atoms with E-state index in [0.29, 0.717) is 24.5 Å². The maximum atomic E-state index is 12.0. The lowest BCUT2D eigenvalue weighted by molar-refractivity contribution is -0.133. The number of carbonyl (C=O) groups is 3. The van der Waals surface area contributed by atoms with Gasteiger partial charge < -0.3 is 15.7 Å². The van der Waals surface area contributed by atoms with Crippen LogP contribution in [-0.4, -0.2) is 65.0 Å². The number of nitrogens with zero attached hydrogens (tertiary/aromatic N) is 2. The van der Waals surface area contributed by atoms with Crippen molar-refractivity contribution >= 4 is 29.1 Å². The van der Waals surface area contributed by atoms with Crippen LogP contribution in [0.25, 0.3) is 0 Å². The maximum absolute atomic E-state index is 12.0. The molecule has 0 saturated carbocycles. The molecule has 0 bridgehead atoms. The van der Waals surface area contributed by atoms with Crippen molar-refractivity contribution in [2.24, 2.45) is 0 Å². The van der Waals surface area contributed by atoms with E-state index in [1.165, 1.54) is 16.7 Å². The molecule has 1 aliphatic rings. The van der Waals surface area contributed by atoms with Crippen LogP contribution in [0.4, 0.5) is 0 Å². The Morgan fingerprint density at radius 3 is 3.00 bits per heavy atom. The largest absolute Gasteiger partial charge is 0.476 e. The number of amides is 2. The number of piperazine rings is 1. The molecular formula is C14H20N4O4S. The first-order valence-corrected chi connectivity index (χ1v) is 8.35. The second kappa shape index (κ2) is 8.02. The molecular weight excluding hydrogens is 320 g/mol. The second-order valence-corrected chi connectivity index (χ2v) is 6.11. The predicted octanol–water partition coefficient (Wildman–Crippen LogP) is -0.290. The summed E-state index contributed by atoms with van der Waals surface area (Å²) in [5.41, 5.74) is 0.0220. The molecule has 0 aromatic carbocycles. The standard InChI is InChI=1S/C14H20N4O4S/c1-2-18-6-5-16-13(20)10(18)7-11(19)15-4-3-12-17-9(8-23-12)14(21)22/h8,10H,2-7H2,1H3,(H,15,19)(H,16,20)(H,21,22)/t10-/m0/s1. The molecule has 2 amide bonds. The van der Waals surface area contributed by atoms with E-state index in [1.54, 1.807) is 0 Å². The SMILES string of the molecule is CCN1CCNC(=O)[C@@H]1CC(=O)NCCc1nc(C(=O)O)cs1. The molecule has 1 aromatic rings. The molecule has 1 fully saturated rings. The number of nitrogens with one attached hydrogen (secondary N) is 2. The van der Waals surface area contributed by atoms with Gasteiger partial charge >= 0.3 is 5.97 Å². The number of aromatic carboxylic acids is 1. The zero-order valence-corrected chi connectivity index (χ0v) is 13.7. The van der Waals surface area contributed by atoms with Crippen molar-refractivity contribution in [1.29, 1.82) is 0 Å². The molecule has 0 aliphatic carbocycles. The maximum Gasteiger partial charge on any atom is 0.355 e. The molecule has 1 saturated heterocycles. The number of thiazole rings is 1. The summed E-state index contributed by atoms with van der Waals surface area (Å²) in [7, 11) is 0. The summed E-state index contributed by atoms with van der Waals surface area (Å²) < 4.78 is 0. The highest BCUT2D eigenvalue weighted by Gasteiger charge is 2.30. The zero-order chi connectivity index (χ0) is 16.8. The molecule has 2 heterocycles. The molecule has 0 unspecified atom stereocenters. The van der Waals surface area contributed by atoms with Gasteiger partial charge in [-0.15, -0.1) is 11.3 Å². The molecule has 126 valence electrons. The van der Waals surface area contributed by atoms with Crippen LogP contribution in [0.15, 0.2) is 5.38 Å². The average Bonchev–Trinajstić information content (AvgIpc) is 2.98. The Balaban J connectivity index is 1.77. The van der Waals surface area contributed by atoms with Crippen LogP contribution in [0, 0.1) is 0 Å². The Labute approximate surface area is 137 Å². The Kier molecular flexibility index (Phi) is 6.05. The van der Waals surface area contributed by atoms with Crippen LogP contribution in [0.1, 0.15) is 28.8 Å². The van der Waals surface area contributed by atoms with Crippen molar-refractivity contribution in [2.75, 3.05) is 26.2 Å². The average molecular weight is 340 g/mol. The first kappa shape index (κ1) is 17.4. The van der Waals surface area contributed by atoms with Crippen molar-refractivity contribution in [3.8, 4) is 0 Å². The number of carboxylic acid groups (broad SMARTS) is 1. The predicted molar refractivity (Wildman–Crippen MR) is 84.4 cm³/mol. The highest BCUT2D eigenvalue weighted by Crippen LogP contribution is 2.11. The van der Waals surface area contributed by atoms with E-state index in [0.717, 1.165) is 13.1 Å². The number of aromatic nitrogens is 1. The van der Waals surface area contributed by atoms with Crippen LogP contribution in [0.5, 0.6) is 0 Å². The molecule has 1 atom stereocenters. The molecule has 8 nitrogen and oxygen atoms in total. The summed E-state index contributed by atoms with van der Waals surface area (Å²) in [5.74, 6) is -1.36. The minimum absolute atomic E-state index is 0.0220. The Bertz CT molecular complexity index is 589. The van der Waals surface area contributed by atoms with Crippen molar-refractivity contribution in [3.63, 3.8) is 0 Å². The van der Waals surface area contributed by atoms with E-state index in [4.69, 9.17) is 5.11 Å². The van der Waals surface area contributed by atoms with Crippen LogP contribution < -0.4 is 10.6 Å². The molecule has 1 aliphatic heterocycles. The van der Waals surface area contributed by atoms with E-state index in [1.807, 2.05) is 11.8 Å². The van der Waals surface area contributed by atoms with Crippen molar-refractivity contribution in [2.45, 2.75) is 25.8 Å². The fourth-order valence-electron chi connectivity index (χ4n) is 2.44. The summed E-state index contributed by atoms with van der Waals surface area (Å²) in [6, 6.07) is -0.424. The van der Waals surface area contributed by atoms with Crippen LogP contribution in [0.3, 0.4) is 0 Å². The Morgan fingerprint density at radius 1 is 1.57 bits per heavy atom. The highest BCUT2D eigenvalue weighted by atomic mass is 32.1. The fraction of sp³-hybridized carbons (Fsp3) is 0.571. The molecule has 2 rings (SSSR count). The van der Waals surface area contributed by atoms with Crippen LogP contribution in [-0.2, 0) is 16.0 Å². The number of hydrogen-bond acceptors (Lipinski definition) is 6. The van der Waals surface area contributed by atoms with Gasteiger partial charge in [-0.05, 0) is 6.54 Å². The molecule has 9 heteroatoms. The third-order valence-corrected chi connectivity index (χ3v) is 4.57. The van der Waals surface area contributed by atoms with Gasteiger partial charge in [0.15, 0.2) is 5.69 Å². The fourth-order valence-corrected chi connectivity index (χ4v) is 3.22. The summed E-state index contributed by atoms with van der Waals surface area (Å²) in [6.45, 7) is 4.42. The van der Waals surface area contributed by atoms with Crippen molar-refractivity contribution in [1.82, 2.24) is 20.5 Å². The molecule has 3 N–H and O–H groups in total. The normalized spacial score (nSPS) is 18.5. The van der Waals surface area contributed by atoms with Gasteiger partial charge in [-0.3, -0.25) is 14.5 Å². The van der Waals surface area contributed by atoms with Gasteiger partial charge in [0.2, 0.25) is 11.8 Å². The summed E-state index contributed by atoms with van der Waals surface area (Å²) >= 11 is 1.25. The minimum Gasteiger partial charge on any atom is -0.476 e. The van der Waals surface area contributed by atoms with E-state index >= 15 is 0 Å². The van der Waals surface area contributed by atoms with Crippen LogP contribution >= 0.6 is 11.3 Å². The zero-order valence-electron chi connectivity index (χ0n) is 12.9. The summed E-state index contributed by atoms with van der Waals surface area (Å²) in [5, 5.41) is 16.5. The lowest BCUT2D eigenvalue weighted by Gasteiger charge is -2.33. The van der Waals surface area contributed by atoms with Crippen molar-refractivity contribution < 1.29 is 19.5 Å².